The maximum Gasteiger partial charge on any atom is 0.221 e. The smallest absolute Gasteiger partial charge is 0.221 e. The molecule has 2 aromatic rings. The average Bonchev–Trinajstić information content (AvgIpc) is 2.48. The Labute approximate surface area is 93.5 Å². The molecular weight excluding hydrogens is 204 g/mol. The SMILES string of the molecule is CC(=O)Nc1c(O)ccc2c1cc(C)n2C. The number of nitrogens with one attached hydrogen (secondary N) is 1. The number of hydrogen-bond donors (Lipinski definition) is 2. The van der Waals surface area contributed by atoms with Gasteiger partial charge in [0.05, 0.1) is 11.2 Å². The minimum atomic E-state index is -0.190. The van der Waals surface area contributed by atoms with Crippen molar-refractivity contribution in [1.29, 1.82) is 0 Å². The van der Waals surface area contributed by atoms with Gasteiger partial charge in [-0.2, -0.15) is 0 Å². The highest BCUT2D eigenvalue weighted by Crippen LogP contribution is 2.33. The number of rotatable bonds is 1. The van der Waals surface area contributed by atoms with Gasteiger partial charge in [-0.1, -0.05) is 0 Å². The normalized spacial score (nSPS) is 10.7. The summed E-state index contributed by atoms with van der Waals surface area (Å²) >= 11 is 0. The van der Waals surface area contributed by atoms with E-state index in [0.717, 1.165) is 16.6 Å². The Morgan fingerprint density at radius 2 is 2.12 bits per heavy atom. The number of amides is 1. The van der Waals surface area contributed by atoms with Crippen molar-refractivity contribution in [3.63, 3.8) is 0 Å². The van der Waals surface area contributed by atoms with Crippen molar-refractivity contribution >= 4 is 22.5 Å². The number of aromatic nitrogens is 1. The van der Waals surface area contributed by atoms with E-state index in [-0.39, 0.29) is 11.7 Å². The van der Waals surface area contributed by atoms with E-state index in [0.29, 0.717) is 5.69 Å². The molecule has 0 fully saturated rings. The van der Waals surface area contributed by atoms with Crippen LogP contribution in [0, 0.1) is 6.92 Å². The van der Waals surface area contributed by atoms with E-state index in [9.17, 15) is 9.90 Å². The molecule has 0 bridgehead atoms. The fraction of sp³-hybridized carbons (Fsp3) is 0.250. The van der Waals surface area contributed by atoms with Crippen LogP contribution >= 0.6 is 0 Å². The molecule has 4 nitrogen and oxygen atoms in total. The Kier molecular flexibility index (Phi) is 2.34. The molecule has 0 saturated heterocycles. The van der Waals surface area contributed by atoms with Gasteiger partial charge < -0.3 is 15.0 Å². The van der Waals surface area contributed by atoms with Gasteiger partial charge in [-0.3, -0.25) is 4.79 Å². The Balaban J connectivity index is 2.74. The summed E-state index contributed by atoms with van der Waals surface area (Å²) in [7, 11) is 1.95. The van der Waals surface area contributed by atoms with Gasteiger partial charge in [0.25, 0.3) is 0 Å². The van der Waals surface area contributed by atoms with Crippen LogP contribution in [-0.2, 0) is 11.8 Å². The van der Waals surface area contributed by atoms with Crippen LogP contribution in [0.3, 0.4) is 0 Å². The summed E-state index contributed by atoms with van der Waals surface area (Å²) in [5.41, 5.74) is 2.54. The Morgan fingerprint density at radius 1 is 1.44 bits per heavy atom. The van der Waals surface area contributed by atoms with Crippen molar-refractivity contribution in [3.8, 4) is 5.75 Å². The molecule has 4 heteroatoms. The van der Waals surface area contributed by atoms with E-state index in [1.165, 1.54) is 6.92 Å². The van der Waals surface area contributed by atoms with Gasteiger partial charge in [-0.15, -0.1) is 0 Å². The molecule has 1 amide bonds. The fourth-order valence-electron chi connectivity index (χ4n) is 1.84. The predicted molar refractivity (Wildman–Crippen MR) is 63.6 cm³/mol. The van der Waals surface area contributed by atoms with E-state index < -0.39 is 0 Å². The quantitative estimate of drug-likeness (QED) is 0.720. The molecule has 1 aromatic carbocycles. The van der Waals surface area contributed by atoms with Gasteiger partial charge in [-0.25, -0.2) is 0 Å². The molecular formula is C12H14N2O2. The molecule has 0 aliphatic carbocycles. The summed E-state index contributed by atoms with van der Waals surface area (Å²) in [5.74, 6) is -0.0994. The second kappa shape index (κ2) is 3.56. The van der Waals surface area contributed by atoms with Gasteiger partial charge in [0, 0.05) is 25.1 Å². The van der Waals surface area contributed by atoms with E-state index in [4.69, 9.17) is 0 Å². The van der Waals surface area contributed by atoms with Gasteiger partial charge in [-0.05, 0) is 25.1 Å². The summed E-state index contributed by atoms with van der Waals surface area (Å²) in [4.78, 5) is 11.1. The number of carbonyl (C=O) groups excluding carboxylic acids is 1. The van der Waals surface area contributed by atoms with Crippen LogP contribution in [0.15, 0.2) is 18.2 Å². The Hall–Kier alpha value is -1.97. The van der Waals surface area contributed by atoms with E-state index >= 15 is 0 Å². The largest absolute Gasteiger partial charge is 0.506 e. The fourth-order valence-corrected chi connectivity index (χ4v) is 1.84. The number of aryl methyl sites for hydroxylation is 2. The van der Waals surface area contributed by atoms with Crippen LogP contribution in [-0.4, -0.2) is 15.6 Å². The highest BCUT2D eigenvalue weighted by atomic mass is 16.3. The number of anilines is 1. The topological polar surface area (TPSA) is 54.3 Å². The number of nitrogens with zero attached hydrogens (tertiary/aromatic N) is 1. The van der Waals surface area contributed by atoms with E-state index in [2.05, 4.69) is 5.32 Å². The molecule has 0 aliphatic rings. The predicted octanol–water partition coefficient (Wildman–Crippen LogP) is 2.15. The van der Waals surface area contributed by atoms with Crippen LogP contribution in [0.1, 0.15) is 12.6 Å². The number of aromatic hydroxyl groups is 1. The highest BCUT2D eigenvalue weighted by molar-refractivity contribution is 6.03. The summed E-state index contributed by atoms with van der Waals surface area (Å²) in [6, 6.07) is 5.37. The summed E-state index contributed by atoms with van der Waals surface area (Å²) in [6.45, 7) is 3.41. The third-order valence-electron chi connectivity index (χ3n) is 2.75. The molecule has 0 spiro atoms. The van der Waals surface area contributed by atoms with Crippen LogP contribution in [0.4, 0.5) is 5.69 Å². The number of fused-ring (bicyclic) bond motifs is 1. The van der Waals surface area contributed by atoms with Crippen molar-refractivity contribution in [2.45, 2.75) is 13.8 Å². The lowest BCUT2D eigenvalue weighted by atomic mass is 10.2. The molecule has 0 radical (unpaired) electrons. The average molecular weight is 218 g/mol. The summed E-state index contributed by atoms with van der Waals surface area (Å²) in [6.07, 6.45) is 0. The first-order valence-corrected chi connectivity index (χ1v) is 5.06. The standard InChI is InChI=1S/C12H14N2O2/c1-7-6-9-10(14(7)3)4-5-11(16)12(9)13-8(2)15/h4-6,16H,1-3H3,(H,13,15). The zero-order valence-electron chi connectivity index (χ0n) is 9.53. The van der Waals surface area contributed by atoms with Gasteiger partial charge in [0.2, 0.25) is 5.91 Å². The van der Waals surface area contributed by atoms with Crippen LogP contribution in [0.2, 0.25) is 0 Å². The molecule has 0 aliphatic heterocycles. The first-order valence-electron chi connectivity index (χ1n) is 5.06. The lowest BCUT2D eigenvalue weighted by Gasteiger charge is -2.07. The minimum Gasteiger partial charge on any atom is -0.506 e. The third-order valence-corrected chi connectivity index (χ3v) is 2.75. The van der Waals surface area contributed by atoms with E-state index in [1.54, 1.807) is 6.07 Å². The monoisotopic (exact) mass is 218 g/mol. The Bertz CT molecular complexity index is 570. The molecule has 0 unspecified atom stereocenters. The highest BCUT2D eigenvalue weighted by Gasteiger charge is 2.11. The van der Waals surface area contributed by atoms with E-state index in [1.807, 2.05) is 30.7 Å². The van der Waals surface area contributed by atoms with Gasteiger partial charge in [0.15, 0.2) is 0 Å². The molecule has 2 rings (SSSR count). The maximum atomic E-state index is 11.1. The number of phenols is 1. The molecule has 84 valence electrons. The second-order valence-electron chi connectivity index (χ2n) is 3.92. The summed E-state index contributed by atoms with van der Waals surface area (Å²) in [5, 5.41) is 13.2. The van der Waals surface area contributed by atoms with Gasteiger partial charge in [0.1, 0.15) is 5.75 Å². The third kappa shape index (κ3) is 1.52. The molecule has 0 saturated carbocycles. The molecule has 16 heavy (non-hydrogen) atoms. The second-order valence-corrected chi connectivity index (χ2v) is 3.92. The molecule has 1 aromatic heterocycles. The van der Waals surface area contributed by atoms with Crippen molar-refractivity contribution in [3.05, 3.63) is 23.9 Å². The number of hydrogen-bond acceptors (Lipinski definition) is 2. The summed E-state index contributed by atoms with van der Waals surface area (Å²) < 4.78 is 2.01. The van der Waals surface area contributed by atoms with Crippen molar-refractivity contribution in [1.82, 2.24) is 4.57 Å². The molecule has 1 heterocycles. The van der Waals surface area contributed by atoms with Crippen LogP contribution in [0.25, 0.3) is 10.9 Å². The molecule has 2 N–H and O–H groups in total. The van der Waals surface area contributed by atoms with Gasteiger partial charge >= 0.3 is 0 Å². The Morgan fingerprint density at radius 3 is 2.75 bits per heavy atom. The molecule has 0 atom stereocenters. The van der Waals surface area contributed by atoms with Crippen molar-refractivity contribution in [2.75, 3.05) is 5.32 Å². The lowest BCUT2D eigenvalue weighted by Crippen LogP contribution is -2.06. The number of carbonyl (C=O) groups is 1. The zero-order valence-corrected chi connectivity index (χ0v) is 9.53. The number of phenolic OH excluding ortho intramolecular Hbond substituents is 1. The minimum absolute atomic E-state index is 0.0910. The maximum absolute atomic E-state index is 11.1. The zero-order chi connectivity index (χ0) is 11.9. The first kappa shape index (κ1) is 10.5. The lowest BCUT2D eigenvalue weighted by molar-refractivity contribution is -0.114. The first-order chi connectivity index (χ1) is 7.50. The van der Waals surface area contributed by atoms with Crippen molar-refractivity contribution < 1.29 is 9.90 Å². The van der Waals surface area contributed by atoms with Crippen molar-refractivity contribution in [2.24, 2.45) is 7.05 Å². The van der Waals surface area contributed by atoms with Crippen LogP contribution in [0.5, 0.6) is 5.75 Å². The van der Waals surface area contributed by atoms with Crippen LogP contribution < -0.4 is 5.32 Å². The number of benzene rings is 1.